The van der Waals surface area contributed by atoms with E-state index in [1.54, 1.807) is 0 Å². The lowest BCUT2D eigenvalue weighted by atomic mass is 10.00. The molecule has 2 fully saturated rings. The summed E-state index contributed by atoms with van der Waals surface area (Å²) in [5.41, 5.74) is 3.48. The zero-order valence-electron chi connectivity index (χ0n) is 21.6. The third-order valence-electron chi connectivity index (χ3n) is 8.12. The van der Waals surface area contributed by atoms with Gasteiger partial charge in [0.25, 0.3) is 0 Å². The van der Waals surface area contributed by atoms with Gasteiger partial charge in [-0.25, -0.2) is 9.78 Å². The Balaban J connectivity index is 1.08. The molecule has 8 heteroatoms. The molecule has 1 amide bonds. The van der Waals surface area contributed by atoms with Crippen molar-refractivity contribution in [3.8, 4) is 0 Å². The number of carboxylic acids is 1. The van der Waals surface area contributed by atoms with Crippen molar-refractivity contribution >= 4 is 23.4 Å². The van der Waals surface area contributed by atoms with E-state index in [1.165, 1.54) is 12.0 Å². The van der Waals surface area contributed by atoms with Crippen molar-refractivity contribution in [1.82, 2.24) is 15.2 Å². The summed E-state index contributed by atoms with van der Waals surface area (Å²) in [6, 6.07) is 13.1. The number of nitrogens with one attached hydrogen (secondary N) is 2. The molecule has 1 aromatic carbocycles. The Hall–Kier alpha value is -3.13. The maximum atomic E-state index is 13.1. The number of hydrogen-bond acceptors (Lipinski definition) is 6. The maximum Gasteiger partial charge on any atom is 0.326 e. The number of anilines is 2. The van der Waals surface area contributed by atoms with Gasteiger partial charge in [0.2, 0.25) is 5.91 Å². The normalized spacial score (nSPS) is 22.3. The predicted octanol–water partition coefficient (Wildman–Crippen LogP) is 3.32. The summed E-state index contributed by atoms with van der Waals surface area (Å²) in [7, 11) is 0. The van der Waals surface area contributed by atoms with Gasteiger partial charge in [0.05, 0.1) is 0 Å². The number of pyridine rings is 1. The van der Waals surface area contributed by atoms with Crippen LogP contribution in [0.5, 0.6) is 0 Å². The number of aliphatic carboxylic acids is 1. The molecule has 5 rings (SSSR count). The first-order chi connectivity index (χ1) is 18.1. The van der Waals surface area contributed by atoms with Crippen LogP contribution >= 0.6 is 0 Å². The van der Waals surface area contributed by atoms with Crippen LogP contribution < -0.4 is 15.5 Å². The number of aryl methyl sites for hydroxylation is 2. The van der Waals surface area contributed by atoms with E-state index >= 15 is 0 Å². The molecule has 3 unspecified atom stereocenters. The van der Waals surface area contributed by atoms with Crippen LogP contribution in [0.4, 0.5) is 11.5 Å². The molecule has 198 valence electrons. The minimum absolute atomic E-state index is 0.180. The van der Waals surface area contributed by atoms with E-state index in [1.807, 2.05) is 30.3 Å². The monoisotopic (exact) mass is 505 g/mol. The van der Waals surface area contributed by atoms with Crippen molar-refractivity contribution in [1.29, 1.82) is 0 Å². The van der Waals surface area contributed by atoms with Crippen molar-refractivity contribution in [2.75, 3.05) is 42.9 Å². The minimum atomic E-state index is -0.958. The smallest absolute Gasteiger partial charge is 0.326 e. The molecular formula is C29H39N5O3. The van der Waals surface area contributed by atoms with Gasteiger partial charge in [-0.1, -0.05) is 24.3 Å². The Morgan fingerprint density at radius 2 is 1.97 bits per heavy atom. The first kappa shape index (κ1) is 25.5. The summed E-state index contributed by atoms with van der Waals surface area (Å²) in [5, 5.41) is 16.1. The van der Waals surface area contributed by atoms with E-state index < -0.39 is 12.0 Å². The number of amides is 1. The lowest BCUT2D eigenvalue weighted by molar-refractivity contribution is -0.142. The Bertz CT molecular complexity index is 1080. The van der Waals surface area contributed by atoms with Crippen LogP contribution in [0.15, 0.2) is 42.5 Å². The number of nitrogens with zero attached hydrogens (tertiary/aromatic N) is 3. The average Bonchev–Trinajstić information content (AvgIpc) is 3.60. The van der Waals surface area contributed by atoms with Crippen molar-refractivity contribution in [2.45, 2.75) is 63.5 Å². The minimum Gasteiger partial charge on any atom is -0.480 e. The third-order valence-corrected chi connectivity index (χ3v) is 8.12. The fraction of sp³-hybridized carbons (Fsp3) is 0.552. The standard InChI is InChI=1S/C29H39N5O3/c35-28(26-9-5-17-34(26)24-7-2-1-3-8-24)32-25(29(36)37)15-19-33-18-14-21(20-33)10-12-23-13-11-22-6-4-16-30-27(22)31-23/h1-3,7-8,11,13,21,25-26H,4-6,9-10,12,14-20H2,(H,30,31)(H,32,35)(H,36,37). The van der Waals surface area contributed by atoms with Crippen LogP contribution in [0.1, 0.15) is 49.8 Å². The van der Waals surface area contributed by atoms with E-state index in [0.29, 0.717) is 18.9 Å². The number of rotatable bonds is 10. The second-order valence-electron chi connectivity index (χ2n) is 10.7. The van der Waals surface area contributed by atoms with Crippen LogP contribution in [-0.2, 0) is 22.4 Å². The van der Waals surface area contributed by atoms with Crippen LogP contribution in [0.2, 0.25) is 0 Å². The Kier molecular flexibility index (Phi) is 8.24. The lowest BCUT2D eigenvalue weighted by Crippen LogP contribution is -2.50. The maximum absolute atomic E-state index is 13.1. The second-order valence-corrected chi connectivity index (χ2v) is 10.7. The highest BCUT2D eigenvalue weighted by atomic mass is 16.4. The molecule has 1 aromatic heterocycles. The first-order valence-electron chi connectivity index (χ1n) is 13.9. The molecule has 3 aliphatic rings. The number of fused-ring (bicyclic) bond motifs is 1. The van der Waals surface area contributed by atoms with Gasteiger partial charge in [-0.05, 0) is 87.6 Å². The molecule has 0 aliphatic carbocycles. The summed E-state index contributed by atoms with van der Waals surface area (Å²) < 4.78 is 0. The van der Waals surface area contributed by atoms with Crippen molar-refractivity contribution < 1.29 is 14.7 Å². The summed E-state index contributed by atoms with van der Waals surface area (Å²) in [4.78, 5) is 34.3. The van der Waals surface area contributed by atoms with Gasteiger partial charge >= 0.3 is 5.97 Å². The molecule has 8 nitrogen and oxygen atoms in total. The summed E-state index contributed by atoms with van der Waals surface area (Å²) in [6.45, 7) is 4.46. The van der Waals surface area contributed by atoms with E-state index in [9.17, 15) is 14.7 Å². The molecule has 2 saturated heterocycles. The van der Waals surface area contributed by atoms with E-state index in [4.69, 9.17) is 4.98 Å². The fourth-order valence-electron chi connectivity index (χ4n) is 6.02. The lowest BCUT2D eigenvalue weighted by Gasteiger charge is -2.27. The second kappa shape index (κ2) is 11.9. The van der Waals surface area contributed by atoms with Gasteiger partial charge in [-0.3, -0.25) is 4.79 Å². The number of carbonyl (C=O) groups excluding carboxylic acids is 1. The number of hydrogen-bond donors (Lipinski definition) is 3. The predicted molar refractivity (Wildman–Crippen MR) is 145 cm³/mol. The first-order valence-corrected chi connectivity index (χ1v) is 13.9. The molecule has 2 aromatic rings. The van der Waals surface area contributed by atoms with Crippen LogP contribution in [0.3, 0.4) is 0 Å². The number of para-hydroxylation sites is 1. The van der Waals surface area contributed by atoms with E-state index in [-0.39, 0.29) is 11.9 Å². The molecule has 0 bridgehead atoms. The highest BCUT2D eigenvalue weighted by Crippen LogP contribution is 2.26. The molecule has 0 radical (unpaired) electrons. The summed E-state index contributed by atoms with van der Waals surface area (Å²) in [5.74, 6) is 0.519. The highest BCUT2D eigenvalue weighted by molar-refractivity contribution is 5.89. The van der Waals surface area contributed by atoms with E-state index in [0.717, 1.165) is 81.9 Å². The van der Waals surface area contributed by atoms with Gasteiger partial charge in [0.1, 0.15) is 17.9 Å². The van der Waals surface area contributed by atoms with Crippen molar-refractivity contribution in [2.24, 2.45) is 5.92 Å². The number of likely N-dealkylation sites (tertiary alicyclic amines) is 1. The Morgan fingerprint density at radius 1 is 1.11 bits per heavy atom. The number of carbonyl (C=O) groups is 2. The van der Waals surface area contributed by atoms with Gasteiger partial charge in [-0.2, -0.15) is 0 Å². The van der Waals surface area contributed by atoms with Crippen molar-refractivity contribution in [3.05, 3.63) is 53.7 Å². The number of carboxylic acid groups (broad SMARTS) is 1. The third kappa shape index (κ3) is 6.42. The Morgan fingerprint density at radius 3 is 2.81 bits per heavy atom. The molecule has 4 heterocycles. The van der Waals surface area contributed by atoms with Crippen LogP contribution in [0, 0.1) is 5.92 Å². The topological polar surface area (TPSA) is 97.8 Å². The SMILES string of the molecule is O=C(O)C(CCN1CCC(CCc2ccc3c(n2)NCCC3)C1)NC(=O)C1CCCN1c1ccccc1. The zero-order valence-corrected chi connectivity index (χ0v) is 21.6. The largest absolute Gasteiger partial charge is 0.480 e. The van der Waals surface area contributed by atoms with Crippen LogP contribution in [-0.4, -0.2) is 71.7 Å². The molecule has 37 heavy (non-hydrogen) atoms. The average molecular weight is 506 g/mol. The number of benzene rings is 1. The van der Waals surface area contributed by atoms with E-state index in [2.05, 4.69) is 32.6 Å². The van der Waals surface area contributed by atoms with Gasteiger partial charge in [-0.15, -0.1) is 0 Å². The van der Waals surface area contributed by atoms with Crippen molar-refractivity contribution in [3.63, 3.8) is 0 Å². The van der Waals surface area contributed by atoms with Gasteiger partial charge in [0, 0.05) is 37.6 Å². The Labute approximate surface area is 219 Å². The molecule has 0 saturated carbocycles. The molecule has 3 aliphatic heterocycles. The number of aromatic nitrogens is 1. The molecule has 0 spiro atoms. The van der Waals surface area contributed by atoms with Gasteiger partial charge < -0.3 is 25.5 Å². The molecule has 3 atom stereocenters. The summed E-state index contributed by atoms with van der Waals surface area (Å²) >= 11 is 0. The zero-order chi connectivity index (χ0) is 25.6. The molecular weight excluding hydrogens is 466 g/mol. The fourth-order valence-corrected chi connectivity index (χ4v) is 6.02. The highest BCUT2D eigenvalue weighted by Gasteiger charge is 2.33. The summed E-state index contributed by atoms with van der Waals surface area (Å²) in [6.07, 6.45) is 7.57. The van der Waals surface area contributed by atoms with Crippen LogP contribution in [0.25, 0.3) is 0 Å². The quantitative estimate of drug-likeness (QED) is 0.456. The molecule has 3 N–H and O–H groups in total. The van der Waals surface area contributed by atoms with Gasteiger partial charge in [0.15, 0.2) is 0 Å².